The number of rotatable bonds is 6. The maximum absolute atomic E-state index is 12.3. The number of halogens is 3. The number of aromatic nitrogens is 2. The van der Waals surface area contributed by atoms with Gasteiger partial charge in [-0.05, 0) is 38.9 Å². The van der Waals surface area contributed by atoms with Gasteiger partial charge < -0.3 is 5.32 Å². The minimum atomic E-state index is -4.35. The third-order valence-electron chi connectivity index (χ3n) is 2.58. The van der Waals surface area contributed by atoms with Crippen molar-refractivity contribution in [2.75, 3.05) is 13.1 Å². The van der Waals surface area contributed by atoms with Gasteiger partial charge in [-0.3, -0.25) is 4.68 Å². The van der Waals surface area contributed by atoms with E-state index < -0.39 is 11.9 Å². The Morgan fingerprint density at radius 2 is 2.18 bits per heavy atom. The second-order valence-corrected chi connectivity index (χ2v) is 4.02. The summed E-state index contributed by atoms with van der Waals surface area (Å²) in [5.74, 6) is 0. The van der Waals surface area contributed by atoms with Crippen molar-refractivity contribution in [2.24, 2.45) is 0 Å². The molecule has 0 aliphatic rings. The minimum absolute atomic E-state index is 0.00949. The van der Waals surface area contributed by atoms with Gasteiger partial charge in [0.2, 0.25) is 0 Å². The zero-order valence-electron chi connectivity index (χ0n) is 10.1. The summed E-state index contributed by atoms with van der Waals surface area (Å²) in [6.45, 7) is 5.69. The fraction of sp³-hybridized carbons (Fsp3) is 0.727. The van der Waals surface area contributed by atoms with Gasteiger partial charge in [-0.25, -0.2) is 0 Å². The molecule has 0 aromatic carbocycles. The van der Waals surface area contributed by atoms with Crippen LogP contribution >= 0.6 is 0 Å². The molecule has 1 heterocycles. The van der Waals surface area contributed by atoms with Gasteiger partial charge in [0.25, 0.3) is 0 Å². The summed E-state index contributed by atoms with van der Waals surface area (Å²) in [4.78, 5) is 0. The molecule has 17 heavy (non-hydrogen) atoms. The Labute approximate surface area is 99.0 Å². The van der Waals surface area contributed by atoms with E-state index in [4.69, 9.17) is 0 Å². The minimum Gasteiger partial charge on any atom is -0.317 e. The molecule has 1 aromatic rings. The highest BCUT2D eigenvalue weighted by Crippen LogP contribution is 2.28. The highest BCUT2D eigenvalue weighted by Gasteiger charge is 2.33. The lowest BCUT2D eigenvalue weighted by Crippen LogP contribution is -2.16. The van der Waals surface area contributed by atoms with Crippen LogP contribution in [0.25, 0.3) is 0 Å². The molecule has 0 saturated heterocycles. The van der Waals surface area contributed by atoms with Gasteiger partial charge in [0.15, 0.2) is 5.69 Å². The van der Waals surface area contributed by atoms with Crippen LogP contribution < -0.4 is 5.32 Å². The third kappa shape index (κ3) is 4.38. The summed E-state index contributed by atoms with van der Waals surface area (Å²) in [5.41, 5.74) is -0.823. The zero-order chi connectivity index (χ0) is 12.9. The van der Waals surface area contributed by atoms with E-state index in [0.29, 0.717) is 0 Å². The van der Waals surface area contributed by atoms with Crippen LogP contribution in [0.1, 0.15) is 38.4 Å². The summed E-state index contributed by atoms with van der Waals surface area (Å²) in [6.07, 6.45) is -1.22. The monoisotopic (exact) mass is 249 g/mol. The lowest BCUT2D eigenvalue weighted by atomic mass is 10.2. The van der Waals surface area contributed by atoms with E-state index in [9.17, 15) is 13.2 Å². The van der Waals surface area contributed by atoms with E-state index in [-0.39, 0.29) is 6.04 Å². The van der Waals surface area contributed by atoms with E-state index in [2.05, 4.69) is 10.4 Å². The molecule has 98 valence electrons. The van der Waals surface area contributed by atoms with Crippen molar-refractivity contribution in [1.29, 1.82) is 0 Å². The molecular formula is C11H18F3N3. The molecule has 0 amide bonds. The number of nitrogens with zero attached hydrogens (tertiary/aromatic N) is 2. The molecule has 0 aliphatic carbocycles. The van der Waals surface area contributed by atoms with Gasteiger partial charge in [-0.15, -0.1) is 0 Å². The molecule has 1 aromatic heterocycles. The molecule has 1 N–H and O–H groups in total. The summed E-state index contributed by atoms with van der Waals surface area (Å²) in [5, 5.41) is 6.73. The van der Waals surface area contributed by atoms with Crippen molar-refractivity contribution in [1.82, 2.24) is 15.1 Å². The van der Waals surface area contributed by atoms with E-state index in [1.165, 1.54) is 10.9 Å². The zero-order valence-corrected chi connectivity index (χ0v) is 10.1. The Morgan fingerprint density at radius 3 is 2.71 bits per heavy atom. The molecule has 0 aliphatic heterocycles. The smallest absolute Gasteiger partial charge is 0.317 e. The Kier molecular flexibility index (Phi) is 4.99. The number of nitrogens with one attached hydrogen (secondary N) is 1. The summed E-state index contributed by atoms with van der Waals surface area (Å²) >= 11 is 0. The predicted molar refractivity (Wildman–Crippen MR) is 59.7 cm³/mol. The normalized spacial score (nSPS) is 13.9. The highest BCUT2D eigenvalue weighted by molar-refractivity contribution is 5.03. The largest absolute Gasteiger partial charge is 0.435 e. The third-order valence-corrected chi connectivity index (χ3v) is 2.58. The van der Waals surface area contributed by atoms with Gasteiger partial charge in [-0.2, -0.15) is 18.3 Å². The second kappa shape index (κ2) is 6.05. The second-order valence-electron chi connectivity index (χ2n) is 4.02. The van der Waals surface area contributed by atoms with Crippen molar-refractivity contribution in [3.8, 4) is 0 Å². The molecule has 0 saturated carbocycles. The molecule has 0 bridgehead atoms. The first-order chi connectivity index (χ1) is 7.95. The number of hydrogen-bond acceptors (Lipinski definition) is 2. The van der Waals surface area contributed by atoms with Crippen LogP contribution in [0, 0.1) is 0 Å². The predicted octanol–water partition coefficient (Wildman–Crippen LogP) is 2.85. The Bertz CT molecular complexity index is 333. The quantitative estimate of drug-likeness (QED) is 0.786. The summed E-state index contributed by atoms with van der Waals surface area (Å²) in [6, 6.07) is 1.01. The first kappa shape index (κ1) is 14.0. The average molecular weight is 249 g/mol. The van der Waals surface area contributed by atoms with E-state index in [1.54, 1.807) is 0 Å². The average Bonchev–Trinajstić information content (AvgIpc) is 2.72. The van der Waals surface area contributed by atoms with Gasteiger partial charge >= 0.3 is 6.18 Å². The lowest BCUT2D eigenvalue weighted by Gasteiger charge is -2.12. The Morgan fingerprint density at radius 1 is 1.47 bits per heavy atom. The van der Waals surface area contributed by atoms with E-state index in [0.717, 1.165) is 32.0 Å². The molecule has 1 unspecified atom stereocenters. The summed E-state index contributed by atoms with van der Waals surface area (Å²) in [7, 11) is 0. The first-order valence-corrected chi connectivity index (χ1v) is 5.78. The SMILES string of the molecule is CCNCCCC(C)n1ccc(C(F)(F)F)n1. The van der Waals surface area contributed by atoms with Crippen LogP contribution in [0.4, 0.5) is 13.2 Å². The van der Waals surface area contributed by atoms with Crippen LogP contribution in [-0.4, -0.2) is 22.9 Å². The fourth-order valence-corrected chi connectivity index (χ4v) is 1.57. The molecule has 0 radical (unpaired) electrons. The molecule has 1 rings (SSSR count). The molecule has 0 spiro atoms. The van der Waals surface area contributed by atoms with Crippen LogP contribution in [0.2, 0.25) is 0 Å². The summed E-state index contributed by atoms with van der Waals surface area (Å²) < 4.78 is 38.4. The van der Waals surface area contributed by atoms with Crippen molar-refractivity contribution in [3.05, 3.63) is 18.0 Å². The van der Waals surface area contributed by atoms with Crippen LogP contribution in [0.15, 0.2) is 12.3 Å². The van der Waals surface area contributed by atoms with Crippen molar-refractivity contribution in [3.63, 3.8) is 0 Å². The van der Waals surface area contributed by atoms with Crippen LogP contribution in [-0.2, 0) is 6.18 Å². The highest BCUT2D eigenvalue weighted by atomic mass is 19.4. The molecular weight excluding hydrogens is 231 g/mol. The van der Waals surface area contributed by atoms with E-state index in [1.807, 2.05) is 13.8 Å². The number of hydrogen-bond donors (Lipinski definition) is 1. The van der Waals surface area contributed by atoms with Crippen LogP contribution in [0.5, 0.6) is 0 Å². The molecule has 0 fully saturated rings. The van der Waals surface area contributed by atoms with Gasteiger partial charge in [0, 0.05) is 12.2 Å². The fourth-order valence-electron chi connectivity index (χ4n) is 1.57. The van der Waals surface area contributed by atoms with Gasteiger partial charge in [0.1, 0.15) is 0 Å². The standard InChI is InChI=1S/C11H18F3N3/c1-3-15-7-4-5-9(2)17-8-6-10(16-17)11(12,13)14/h6,8-9,15H,3-5,7H2,1-2H3. The number of alkyl halides is 3. The maximum atomic E-state index is 12.3. The van der Waals surface area contributed by atoms with Crippen molar-refractivity contribution >= 4 is 0 Å². The molecule has 6 heteroatoms. The topological polar surface area (TPSA) is 29.9 Å². The maximum Gasteiger partial charge on any atom is 0.435 e. The van der Waals surface area contributed by atoms with E-state index >= 15 is 0 Å². The van der Waals surface area contributed by atoms with Gasteiger partial charge in [-0.1, -0.05) is 6.92 Å². The first-order valence-electron chi connectivity index (χ1n) is 5.78. The lowest BCUT2D eigenvalue weighted by molar-refractivity contribution is -0.141. The Balaban J connectivity index is 2.47. The van der Waals surface area contributed by atoms with Crippen LogP contribution in [0.3, 0.4) is 0 Å². The van der Waals surface area contributed by atoms with Gasteiger partial charge in [0.05, 0.1) is 0 Å². The molecule has 3 nitrogen and oxygen atoms in total. The van der Waals surface area contributed by atoms with Crippen molar-refractivity contribution in [2.45, 2.75) is 38.9 Å². The van der Waals surface area contributed by atoms with Crippen molar-refractivity contribution < 1.29 is 13.2 Å². The molecule has 1 atom stereocenters. The Hall–Kier alpha value is -1.04.